The second-order valence-electron chi connectivity index (χ2n) is 2.82. The number of rotatable bonds is 1. The van der Waals surface area contributed by atoms with Crippen LogP contribution in [0.15, 0.2) is 36.4 Å². The average molecular weight is 196 g/mol. The van der Waals surface area contributed by atoms with Gasteiger partial charge in [0.05, 0.1) is 7.11 Å². The summed E-state index contributed by atoms with van der Waals surface area (Å²) in [6.07, 6.45) is 0. The zero-order chi connectivity index (χ0) is 9.26. The molecule has 2 nitrogen and oxygen atoms in total. The number of hydrogen-bond acceptors (Lipinski definition) is 2. The first-order valence-corrected chi connectivity index (χ1v) is 4.05. The van der Waals surface area contributed by atoms with Gasteiger partial charge in [0.1, 0.15) is 5.75 Å². The molecule has 0 amide bonds. The van der Waals surface area contributed by atoms with E-state index in [0.717, 1.165) is 10.8 Å². The second kappa shape index (κ2) is 4.69. The van der Waals surface area contributed by atoms with Crippen LogP contribution in [0.2, 0.25) is 0 Å². The summed E-state index contributed by atoms with van der Waals surface area (Å²) in [5.41, 5.74) is 0. The van der Waals surface area contributed by atoms with Crippen molar-refractivity contribution in [1.82, 2.24) is 0 Å². The zero-order valence-electron chi connectivity index (χ0n) is 8.28. The molecule has 2 rings (SSSR count). The summed E-state index contributed by atoms with van der Waals surface area (Å²) in [5, 5.41) is 13.2. The number of ether oxygens (including phenoxy) is 1. The Balaban J connectivity index is 0.000000980. The molecular formula is C11H9NaO2. The summed E-state index contributed by atoms with van der Waals surface area (Å²) >= 11 is 0. The largest absolute Gasteiger partial charge is 1.00 e. The van der Waals surface area contributed by atoms with Crippen molar-refractivity contribution in [1.29, 1.82) is 0 Å². The fourth-order valence-electron chi connectivity index (χ4n) is 1.43. The van der Waals surface area contributed by atoms with Crippen molar-refractivity contribution in [2.45, 2.75) is 0 Å². The number of fused-ring (bicyclic) bond motifs is 1. The Hall–Kier alpha value is -0.700. The standard InChI is InChI=1S/C11H10O2.Na/c1-13-11-9-5-3-2-4-8(9)6-7-10(11)12;/h2-7,12H,1H3;/q;+1/p-1. The Morgan fingerprint density at radius 1 is 1.07 bits per heavy atom. The Morgan fingerprint density at radius 3 is 2.50 bits per heavy atom. The normalized spacial score (nSPS) is 9.50. The smallest absolute Gasteiger partial charge is 0.870 e. The molecule has 0 bridgehead atoms. The number of hydrogen-bond donors (Lipinski definition) is 0. The molecule has 0 aliphatic carbocycles. The van der Waals surface area contributed by atoms with Gasteiger partial charge in [0.25, 0.3) is 0 Å². The molecule has 0 aromatic heterocycles. The monoisotopic (exact) mass is 196 g/mol. The first-order chi connectivity index (χ1) is 6.33. The second-order valence-corrected chi connectivity index (χ2v) is 2.82. The van der Waals surface area contributed by atoms with E-state index in [9.17, 15) is 5.11 Å². The van der Waals surface area contributed by atoms with E-state index in [0.29, 0.717) is 5.75 Å². The molecule has 14 heavy (non-hydrogen) atoms. The van der Waals surface area contributed by atoms with E-state index in [4.69, 9.17) is 4.74 Å². The van der Waals surface area contributed by atoms with Crippen LogP contribution >= 0.6 is 0 Å². The van der Waals surface area contributed by atoms with Gasteiger partial charge in [0, 0.05) is 5.39 Å². The van der Waals surface area contributed by atoms with Gasteiger partial charge < -0.3 is 9.84 Å². The number of benzene rings is 2. The minimum absolute atomic E-state index is 0. The maximum absolute atomic E-state index is 11.3. The van der Waals surface area contributed by atoms with Gasteiger partial charge in [0.2, 0.25) is 0 Å². The third kappa shape index (κ3) is 1.87. The van der Waals surface area contributed by atoms with E-state index in [2.05, 4.69) is 0 Å². The van der Waals surface area contributed by atoms with Crippen molar-refractivity contribution in [3.05, 3.63) is 36.4 Å². The molecule has 0 unspecified atom stereocenters. The van der Waals surface area contributed by atoms with Crippen molar-refractivity contribution < 1.29 is 39.4 Å². The van der Waals surface area contributed by atoms with E-state index in [1.54, 1.807) is 6.07 Å². The summed E-state index contributed by atoms with van der Waals surface area (Å²) in [6, 6.07) is 11.0. The Kier molecular flexibility index (Phi) is 3.81. The maximum Gasteiger partial charge on any atom is 1.00 e. The third-order valence-corrected chi connectivity index (χ3v) is 2.05. The van der Waals surface area contributed by atoms with Crippen LogP contribution in [0.4, 0.5) is 0 Å². The van der Waals surface area contributed by atoms with Crippen molar-refractivity contribution in [2.24, 2.45) is 0 Å². The van der Waals surface area contributed by atoms with Crippen LogP contribution in [0.5, 0.6) is 11.5 Å². The molecule has 0 radical (unpaired) electrons. The van der Waals surface area contributed by atoms with Gasteiger partial charge >= 0.3 is 29.6 Å². The first kappa shape index (κ1) is 11.4. The first-order valence-electron chi connectivity index (χ1n) is 4.05. The summed E-state index contributed by atoms with van der Waals surface area (Å²) in [6.45, 7) is 0. The van der Waals surface area contributed by atoms with Crippen LogP contribution in [-0.4, -0.2) is 7.11 Å². The van der Waals surface area contributed by atoms with Gasteiger partial charge in [-0.25, -0.2) is 0 Å². The fourth-order valence-corrected chi connectivity index (χ4v) is 1.43. The van der Waals surface area contributed by atoms with E-state index in [1.807, 2.05) is 24.3 Å². The van der Waals surface area contributed by atoms with Gasteiger partial charge in [-0.2, -0.15) is 0 Å². The zero-order valence-corrected chi connectivity index (χ0v) is 10.3. The SMILES string of the molecule is COc1c([O-])ccc2ccccc12.[Na+]. The molecule has 66 valence electrons. The van der Waals surface area contributed by atoms with Crippen LogP contribution < -0.4 is 39.4 Å². The molecular weight excluding hydrogens is 187 g/mol. The van der Waals surface area contributed by atoms with Gasteiger partial charge in [-0.05, 0) is 5.39 Å². The van der Waals surface area contributed by atoms with E-state index < -0.39 is 0 Å². The van der Waals surface area contributed by atoms with Gasteiger partial charge in [-0.1, -0.05) is 42.1 Å². The van der Waals surface area contributed by atoms with Crippen LogP contribution in [0, 0.1) is 0 Å². The van der Waals surface area contributed by atoms with Crippen LogP contribution in [0.25, 0.3) is 10.8 Å². The van der Waals surface area contributed by atoms with Gasteiger partial charge in [-0.3, -0.25) is 0 Å². The van der Waals surface area contributed by atoms with E-state index >= 15 is 0 Å². The van der Waals surface area contributed by atoms with Gasteiger partial charge in [0.15, 0.2) is 0 Å². The molecule has 0 saturated heterocycles. The Bertz CT molecular complexity index is 440. The molecule has 0 saturated carbocycles. The van der Waals surface area contributed by atoms with Crippen molar-refractivity contribution in [2.75, 3.05) is 7.11 Å². The third-order valence-electron chi connectivity index (χ3n) is 2.05. The summed E-state index contributed by atoms with van der Waals surface area (Å²) < 4.78 is 5.05. The van der Waals surface area contributed by atoms with E-state index in [1.165, 1.54) is 13.2 Å². The molecule has 0 fully saturated rings. The molecule has 0 aliphatic heterocycles. The van der Waals surface area contributed by atoms with Crippen molar-refractivity contribution in [3.63, 3.8) is 0 Å². The fraction of sp³-hybridized carbons (Fsp3) is 0.0909. The summed E-state index contributed by atoms with van der Waals surface area (Å²) in [4.78, 5) is 0. The van der Waals surface area contributed by atoms with Crippen LogP contribution in [0.3, 0.4) is 0 Å². The van der Waals surface area contributed by atoms with Crippen LogP contribution in [0.1, 0.15) is 0 Å². The summed E-state index contributed by atoms with van der Waals surface area (Å²) in [7, 11) is 1.52. The minimum Gasteiger partial charge on any atom is -0.870 e. The molecule has 0 heterocycles. The molecule has 2 aromatic rings. The minimum atomic E-state index is -0.0683. The van der Waals surface area contributed by atoms with Crippen molar-refractivity contribution >= 4 is 10.8 Å². The Labute approximate surface area is 105 Å². The van der Waals surface area contributed by atoms with Crippen LogP contribution in [-0.2, 0) is 0 Å². The molecule has 2 aromatic carbocycles. The maximum atomic E-state index is 11.3. The topological polar surface area (TPSA) is 32.3 Å². The predicted molar refractivity (Wildman–Crippen MR) is 49.9 cm³/mol. The summed E-state index contributed by atoms with van der Waals surface area (Å²) in [5.74, 6) is 0.360. The van der Waals surface area contributed by atoms with Gasteiger partial charge in [-0.15, -0.1) is 0 Å². The molecule has 0 atom stereocenters. The molecule has 0 spiro atoms. The molecule has 0 aliphatic rings. The molecule has 3 heteroatoms. The predicted octanol–water partition coefficient (Wildman–Crippen LogP) is -1.07. The average Bonchev–Trinajstić information content (AvgIpc) is 2.18. The number of methoxy groups -OCH3 is 1. The Morgan fingerprint density at radius 2 is 1.79 bits per heavy atom. The van der Waals surface area contributed by atoms with E-state index in [-0.39, 0.29) is 35.3 Å². The molecule has 0 N–H and O–H groups in total. The van der Waals surface area contributed by atoms with Crippen molar-refractivity contribution in [3.8, 4) is 11.5 Å². The quantitative estimate of drug-likeness (QED) is 0.544.